The van der Waals surface area contributed by atoms with Crippen molar-refractivity contribution in [1.82, 2.24) is 10.4 Å². The summed E-state index contributed by atoms with van der Waals surface area (Å²) in [6.07, 6.45) is -0.304. The first kappa shape index (κ1) is 18.1. The summed E-state index contributed by atoms with van der Waals surface area (Å²) in [5.41, 5.74) is 7.05. The van der Waals surface area contributed by atoms with Gasteiger partial charge in [0.15, 0.2) is 0 Å². The van der Waals surface area contributed by atoms with Gasteiger partial charge in [-0.15, -0.1) is 0 Å². The van der Waals surface area contributed by atoms with Crippen molar-refractivity contribution < 1.29 is 24.0 Å². The number of nitrogens with zero attached hydrogens (tertiary/aromatic N) is 1. The highest BCUT2D eigenvalue weighted by molar-refractivity contribution is 6.20. The molecule has 0 bridgehead atoms. The summed E-state index contributed by atoms with van der Waals surface area (Å²) in [4.78, 5) is 53.2. The van der Waals surface area contributed by atoms with Crippen LogP contribution in [-0.4, -0.2) is 28.9 Å². The number of nitrogens with two attached hydrogens (primary N) is 1. The minimum atomic E-state index is -0.855. The number of imide groups is 1. The van der Waals surface area contributed by atoms with Crippen molar-refractivity contribution >= 4 is 23.8 Å². The molecule has 0 spiro atoms. The largest absolute Gasteiger partial charge is 0.352 e. The molecular formula is C19H17N3O5. The molecule has 1 heterocycles. The number of fused-ring (bicyclic) bond motifs is 1. The molecule has 0 saturated carbocycles. The lowest BCUT2D eigenvalue weighted by atomic mass is 9.99. The van der Waals surface area contributed by atoms with Crippen LogP contribution in [0, 0.1) is 6.92 Å². The molecule has 138 valence electrons. The van der Waals surface area contributed by atoms with Crippen molar-refractivity contribution in [3.8, 4) is 0 Å². The minimum absolute atomic E-state index is 0.168. The Morgan fingerprint density at radius 2 is 1.59 bits per heavy atom. The number of urea groups is 1. The number of benzene rings is 2. The second-order valence-corrected chi connectivity index (χ2v) is 6.04. The third-order valence-electron chi connectivity index (χ3n) is 4.20. The molecule has 2 aromatic carbocycles. The molecule has 8 heteroatoms. The molecule has 1 unspecified atom stereocenters. The van der Waals surface area contributed by atoms with Crippen molar-refractivity contribution in [2.75, 3.05) is 0 Å². The van der Waals surface area contributed by atoms with Gasteiger partial charge in [-0.25, -0.2) is 9.59 Å². The second kappa shape index (κ2) is 7.28. The van der Waals surface area contributed by atoms with Gasteiger partial charge >= 0.3 is 12.0 Å². The Balaban J connectivity index is 1.76. The third kappa shape index (κ3) is 3.64. The number of hydroxylamine groups is 2. The Morgan fingerprint density at radius 3 is 2.15 bits per heavy atom. The van der Waals surface area contributed by atoms with Gasteiger partial charge in [0.25, 0.3) is 11.8 Å². The zero-order valence-electron chi connectivity index (χ0n) is 14.5. The number of carbonyl (C=O) groups excluding carboxylic acids is 4. The average Bonchev–Trinajstić information content (AvgIpc) is 2.86. The highest BCUT2D eigenvalue weighted by Gasteiger charge is 2.39. The molecule has 3 rings (SSSR count). The summed E-state index contributed by atoms with van der Waals surface area (Å²) in [5.74, 6) is -2.27. The fourth-order valence-corrected chi connectivity index (χ4v) is 2.94. The van der Waals surface area contributed by atoms with Gasteiger partial charge in [-0.05, 0) is 30.2 Å². The Hall–Kier alpha value is -3.68. The molecule has 0 aromatic heterocycles. The molecule has 0 saturated heterocycles. The van der Waals surface area contributed by atoms with Crippen LogP contribution in [0.25, 0.3) is 0 Å². The number of hydrogen-bond donors (Lipinski definition) is 2. The molecule has 0 aliphatic carbocycles. The summed E-state index contributed by atoms with van der Waals surface area (Å²) in [6.45, 7) is 1.82. The van der Waals surface area contributed by atoms with Crippen LogP contribution in [0.3, 0.4) is 0 Å². The Labute approximate surface area is 154 Å². The summed E-state index contributed by atoms with van der Waals surface area (Å²) >= 11 is 0. The Kier molecular flexibility index (Phi) is 4.89. The molecule has 0 fully saturated rings. The second-order valence-electron chi connectivity index (χ2n) is 6.04. The Bertz CT molecular complexity index is 905. The standard InChI is InChI=1S/C19H17N3O5/c1-11-6-2-3-7-12(11)15(21-19(20)26)10-16(23)27-22-17(24)13-8-4-5-9-14(13)18(22)25/h2-9,15H,10H2,1H3,(H3,20,21,26). The van der Waals surface area contributed by atoms with Gasteiger partial charge in [0.1, 0.15) is 0 Å². The van der Waals surface area contributed by atoms with Gasteiger partial charge in [0.2, 0.25) is 0 Å². The summed E-state index contributed by atoms with van der Waals surface area (Å²) in [5, 5.41) is 2.92. The number of carbonyl (C=O) groups is 4. The van der Waals surface area contributed by atoms with E-state index in [1.54, 1.807) is 24.3 Å². The summed E-state index contributed by atoms with van der Waals surface area (Å²) in [6, 6.07) is 11.8. The van der Waals surface area contributed by atoms with E-state index < -0.39 is 29.9 Å². The lowest BCUT2D eigenvalue weighted by Crippen LogP contribution is -2.37. The van der Waals surface area contributed by atoms with Gasteiger partial charge in [-0.3, -0.25) is 9.59 Å². The highest BCUT2D eigenvalue weighted by atomic mass is 16.7. The zero-order chi connectivity index (χ0) is 19.6. The molecule has 1 atom stereocenters. The van der Waals surface area contributed by atoms with E-state index in [1.807, 2.05) is 19.1 Å². The highest BCUT2D eigenvalue weighted by Crippen LogP contribution is 2.25. The summed E-state index contributed by atoms with van der Waals surface area (Å²) < 4.78 is 0. The van der Waals surface area contributed by atoms with E-state index in [2.05, 4.69) is 5.32 Å². The lowest BCUT2D eigenvalue weighted by molar-refractivity contribution is -0.169. The SMILES string of the molecule is Cc1ccccc1C(CC(=O)ON1C(=O)c2ccccc2C1=O)NC(N)=O. The molecule has 2 aromatic rings. The van der Waals surface area contributed by atoms with E-state index in [-0.39, 0.29) is 17.5 Å². The van der Waals surface area contributed by atoms with E-state index in [1.165, 1.54) is 12.1 Å². The molecule has 1 aliphatic heterocycles. The molecule has 4 amide bonds. The lowest BCUT2D eigenvalue weighted by Gasteiger charge is -2.20. The minimum Gasteiger partial charge on any atom is -0.352 e. The Morgan fingerprint density at radius 1 is 1.04 bits per heavy atom. The molecule has 0 radical (unpaired) electrons. The average molecular weight is 367 g/mol. The maximum Gasteiger partial charge on any atom is 0.335 e. The molecule has 8 nitrogen and oxygen atoms in total. The van der Waals surface area contributed by atoms with Crippen LogP contribution in [0.1, 0.15) is 44.3 Å². The monoisotopic (exact) mass is 367 g/mol. The molecule has 27 heavy (non-hydrogen) atoms. The van der Waals surface area contributed by atoms with Gasteiger partial charge < -0.3 is 15.9 Å². The number of hydrogen-bond acceptors (Lipinski definition) is 5. The maximum atomic E-state index is 12.4. The number of primary amides is 1. The molecule has 3 N–H and O–H groups in total. The molecule has 1 aliphatic rings. The first-order valence-corrected chi connectivity index (χ1v) is 8.18. The van der Waals surface area contributed by atoms with E-state index >= 15 is 0 Å². The number of rotatable bonds is 5. The van der Waals surface area contributed by atoms with Crippen LogP contribution >= 0.6 is 0 Å². The number of amides is 4. The normalized spacial score (nSPS) is 13.9. The maximum absolute atomic E-state index is 12.4. The first-order chi connectivity index (χ1) is 12.9. The van der Waals surface area contributed by atoms with Crippen molar-refractivity contribution in [2.24, 2.45) is 5.73 Å². The van der Waals surface area contributed by atoms with Gasteiger partial charge in [0, 0.05) is 0 Å². The van der Waals surface area contributed by atoms with Crippen LogP contribution < -0.4 is 11.1 Å². The molecular weight excluding hydrogens is 350 g/mol. The van der Waals surface area contributed by atoms with Crippen molar-refractivity contribution in [1.29, 1.82) is 0 Å². The number of nitrogens with one attached hydrogen (secondary N) is 1. The van der Waals surface area contributed by atoms with Crippen LogP contribution in [0.15, 0.2) is 48.5 Å². The van der Waals surface area contributed by atoms with Gasteiger partial charge in [-0.1, -0.05) is 41.5 Å². The van der Waals surface area contributed by atoms with Crippen LogP contribution in [0.5, 0.6) is 0 Å². The van der Waals surface area contributed by atoms with Crippen LogP contribution in [0.4, 0.5) is 4.79 Å². The summed E-state index contributed by atoms with van der Waals surface area (Å²) in [7, 11) is 0. The van der Waals surface area contributed by atoms with E-state index in [0.29, 0.717) is 10.6 Å². The smallest absolute Gasteiger partial charge is 0.335 e. The fourth-order valence-electron chi connectivity index (χ4n) is 2.94. The van der Waals surface area contributed by atoms with E-state index in [9.17, 15) is 19.2 Å². The zero-order valence-corrected chi connectivity index (χ0v) is 14.5. The topological polar surface area (TPSA) is 119 Å². The quantitative estimate of drug-likeness (QED) is 0.782. The van der Waals surface area contributed by atoms with Crippen molar-refractivity contribution in [2.45, 2.75) is 19.4 Å². The number of aryl methyl sites for hydroxylation is 1. The van der Waals surface area contributed by atoms with E-state index in [4.69, 9.17) is 10.6 Å². The predicted molar refractivity (Wildman–Crippen MR) is 94.3 cm³/mol. The first-order valence-electron chi connectivity index (χ1n) is 8.18. The van der Waals surface area contributed by atoms with Crippen LogP contribution in [0.2, 0.25) is 0 Å². The van der Waals surface area contributed by atoms with Gasteiger partial charge in [0.05, 0.1) is 23.6 Å². The third-order valence-corrected chi connectivity index (χ3v) is 4.20. The van der Waals surface area contributed by atoms with Crippen molar-refractivity contribution in [3.05, 3.63) is 70.8 Å². The van der Waals surface area contributed by atoms with Crippen molar-refractivity contribution in [3.63, 3.8) is 0 Å². The fraction of sp³-hybridized carbons (Fsp3) is 0.158. The van der Waals surface area contributed by atoms with Crippen LogP contribution in [-0.2, 0) is 9.63 Å². The van der Waals surface area contributed by atoms with E-state index in [0.717, 1.165) is 5.56 Å². The predicted octanol–water partition coefficient (Wildman–Crippen LogP) is 1.85. The van der Waals surface area contributed by atoms with Gasteiger partial charge in [-0.2, -0.15) is 0 Å².